The Kier molecular flexibility index (Phi) is 4.16. The van der Waals surface area contributed by atoms with E-state index in [0.717, 1.165) is 25.7 Å². The van der Waals surface area contributed by atoms with Gasteiger partial charge >= 0.3 is 5.97 Å². The molecule has 2 rings (SSSR count). The zero-order valence-electron chi connectivity index (χ0n) is 12.0. The monoisotopic (exact) mass is 267 g/mol. The Morgan fingerprint density at radius 2 is 1.84 bits per heavy atom. The van der Waals surface area contributed by atoms with Crippen LogP contribution >= 0.6 is 0 Å². The van der Waals surface area contributed by atoms with Crippen molar-refractivity contribution in [2.24, 2.45) is 17.3 Å². The fraction of sp³-hybridized carbons (Fsp3) is 0.867. The van der Waals surface area contributed by atoms with E-state index in [0.29, 0.717) is 19.5 Å². The van der Waals surface area contributed by atoms with E-state index in [4.69, 9.17) is 0 Å². The molecule has 108 valence electrons. The maximum atomic E-state index is 12.5. The molecular formula is C15H25NO3. The number of carboxylic acids is 1. The van der Waals surface area contributed by atoms with Gasteiger partial charge in [0, 0.05) is 19.0 Å². The molecule has 1 aliphatic heterocycles. The van der Waals surface area contributed by atoms with Crippen LogP contribution in [0.4, 0.5) is 0 Å². The summed E-state index contributed by atoms with van der Waals surface area (Å²) in [6.45, 7) is 4.90. The number of carboxylic acid groups (broad SMARTS) is 1. The number of carbonyl (C=O) groups excluding carboxylic acids is 1. The maximum absolute atomic E-state index is 12.5. The van der Waals surface area contributed by atoms with Crippen LogP contribution in [0.25, 0.3) is 0 Å². The Hall–Kier alpha value is -1.06. The van der Waals surface area contributed by atoms with Crippen molar-refractivity contribution in [2.75, 3.05) is 13.1 Å². The third kappa shape index (κ3) is 2.63. The van der Waals surface area contributed by atoms with Crippen molar-refractivity contribution in [3.05, 3.63) is 0 Å². The lowest BCUT2D eigenvalue weighted by molar-refractivity contribution is -0.151. The lowest BCUT2D eigenvalue weighted by Crippen LogP contribution is -2.42. The van der Waals surface area contributed by atoms with Crippen molar-refractivity contribution >= 4 is 11.9 Å². The molecule has 2 fully saturated rings. The number of hydrogen-bond donors (Lipinski definition) is 1. The van der Waals surface area contributed by atoms with Gasteiger partial charge < -0.3 is 10.0 Å². The van der Waals surface area contributed by atoms with Gasteiger partial charge in [0.2, 0.25) is 5.91 Å². The molecule has 1 unspecified atom stereocenters. The topological polar surface area (TPSA) is 57.6 Å². The van der Waals surface area contributed by atoms with Crippen LogP contribution in [0.3, 0.4) is 0 Å². The Balaban J connectivity index is 2.04. The number of carbonyl (C=O) groups is 2. The van der Waals surface area contributed by atoms with E-state index in [1.54, 1.807) is 0 Å². The zero-order valence-corrected chi connectivity index (χ0v) is 12.0. The summed E-state index contributed by atoms with van der Waals surface area (Å²) in [5.74, 6) is -0.343. The van der Waals surface area contributed by atoms with Crippen molar-refractivity contribution in [3.8, 4) is 0 Å². The summed E-state index contributed by atoms with van der Waals surface area (Å²) in [4.78, 5) is 25.8. The smallest absolute Gasteiger partial charge is 0.311 e. The quantitative estimate of drug-likeness (QED) is 0.855. The highest BCUT2D eigenvalue weighted by atomic mass is 16.4. The van der Waals surface area contributed by atoms with E-state index in [-0.39, 0.29) is 17.7 Å². The first-order valence-corrected chi connectivity index (χ1v) is 7.49. The van der Waals surface area contributed by atoms with Crippen LogP contribution < -0.4 is 0 Å². The predicted molar refractivity (Wildman–Crippen MR) is 72.7 cm³/mol. The summed E-state index contributed by atoms with van der Waals surface area (Å²) < 4.78 is 0. The van der Waals surface area contributed by atoms with Crippen LogP contribution in [0.2, 0.25) is 0 Å². The normalized spacial score (nSPS) is 28.9. The third-order valence-corrected chi connectivity index (χ3v) is 5.10. The van der Waals surface area contributed by atoms with Crippen LogP contribution in [-0.4, -0.2) is 35.0 Å². The number of likely N-dealkylation sites (tertiary alicyclic amines) is 1. The Morgan fingerprint density at radius 1 is 1.21 bits per heavy atom. The molecule has 1 amide bonds. The van der Waals surface area contributed by atoms with Gasteiger partial charge in [-0.05, 0) is 25.2 Å². The molecule has 0 aromatic carbocycles. The average molecular weight is 267 g/mol. The van der Waals surface area contributed by atoms with Crippen LogP contribution in [0.1, 0.15) is 52.4 Å². The minimum absolute atomic E-state index is 0.0640. The maximum Gasteiger partial charge on any atom is 0.311 e. The SMILES string of the molecule is CC(C)C1(C(=O)O)CCN(C(=O)C2CCCCC2)C1. The number of rotatable bonds is 3. The van der Waals surface area contributed by atoms with Gasteiger partial charge in [0.25, 0.3) is 0 Å². The summed E-state index contributed by atoms with van der Waals surface area (Å²) in [6.07, 6.45) is 6.07. The molecule has 1 aliphatic carbocycles. The lowest BCUT2D eigenvalue weighted by Gasteiger charge is -2.30. The molecule has 1 saturated carbocycles. The van der Waals surface area contributed by atoms with Gasteiger partial charge in [-0.1, -0.05) is 33.1 Å². The predicted octanol–water partition coefficient (Wildman–Crippen LogP) is 2.53. The minimum Gasteiger partial charge on any atom is -0.481 e. The van der Waals surface area contributed by atoms with Gasteiger partial charge in [-0.3, -0.25) is 9.59 Å². The van der Waals surface area contributed by atoms with Gasteiger partial charge in [0.15, 0.2) is 0 Å². The molecule has 1 saturated heterocycles. The second-order valence-electron chi connectivity index (χ2n) is 6.46. The molecule has 1 heterocycles. The molecule has 2 aliphatic rings. The lowest BCUT2D eigenvalue weighted by atomic mass is 9.76. The fourth-order valence-corrected chi connectivity index (χ4v) is 3.52. The largest absolute Gasteiger partial charge is 0.481 e. The van der Waals surface area contributed by atoms with E-state index < -0.39 is 11.4 Å². The number of aliphatic carboxylic acids is 1. The van der Waals surface area contributed by atoms with Crippen molar-refractivity contribution in [2.45, 2.75) is 52.4 Å². The summed E-state index contributed by atoms with van der Waals surface area (Å²) in [7, 11) is 0. The van der Waals surface area contributed by atoms with E-state index in [2.05, 4.69) is 0 Å². The van der Waals surface area contributed by atoms with Gasteiger partial charge in [0.05, 0.1) is 5.41 Å². The molecule has 1 atom stereocenters. The fourth-order valence-electron chi connectivity index (χ4n) is 3.52. The highest BCUT2D eigenvalue weighted by molar-refractivity contribution is 5.82. The molecular weight excluding hydrogens is 242 g/mol. The second-order valence-corrected chi connectivity index (χ2v) is 6.46. The molecule has 0 aromatic heterocycles. The minimum atomic E-state index is -0.749. The standard InChI is InChI=1S/C15H25NO3/c1-11(2)15(14(18)19)8-9-16(10-15)13(17)12-6-4-3-5-7-12/h11-12H,3-10H2,1-2H3,(H,18,19). The van der Waals surface area contributed by atoms with E-state index in [1.165, 1.54) is 6.42 Å². The van der Waals surface area contributed by atoms with E-state index in [1.807, 2.05) is 18.7 Å². The first-order valence-electron chi connectivity index (χ1n) is 7.49. The Labute approximate surface area is 115 Å². The number of amides is 1. The van der Waals surface area contributed by atoms with Crippen molar-refractivity contribution in [1.29, 1.82) is 0 Å². The first kappa shape index (κ1) is 14.4. The van der Waals surface area contributed by atoms with Crippen LogP contribution in [0.5, 0.6) is 0 Å². The average Bonchev–Trinajstić information content (AvgIpc) is 2.85. The van der Waals surface area contributed by atoms with Crippen molar-refractivity contribution < 1.29 is 14.7 Å². The summed E-state index contributed by atoms with van der Waals surface area (Å²) >= 11 is 0. The van der Waals surface area contributed by atoms with Crippen molar-refractivity contribution in [1.82, 2.24) is 4.90 Å². The number of hydrogen-bond acceptors (Lipinski definition) is 2. The second kappa shape index (κ2) is 5.51. The number of nitrogens with zero attached hydrogens (tertiary/aromatic N) is 1. The summed E-state index contributed by atoms with van der Waals surface area (Å²) in [6, 6.07) is 0. The highest BCUT2D eigenvalue weighted by Gasteiger charge is 2.49. The van der Waals surface area contributed by atoms with E-state index in [9.17, 15) is 14.7 Å². The van der Waals surface area contributed by atoms with Crippen LogP contribution in [0.15, 0.2) is 0 Å². The van der Waals surface area contributed by atoms with Gasteiger partial charge in [-0.15, -0.1) is 0 Å². The molecule has 0 spiro atoms. The molecule has 0 bridgehead atoms. The Bertz CT molecular complexity index is 360. The summed E-state index contributed by atoms with van der Waals surface area (Å²) in [5, 5.41) is 9.51. The molecule has 0 radical (unpaired) electrons. The Morgan fingerprint density at radius 3 is 2.32 bits per heavy atom. The molecule has 0 aromatic rings. The highest BCUT2D eigenvalue weighted by Crippen LogP contribution is 2.39. The third-order valence-electron chi connectivity index (χ3n) is 5.10. The first-order chi connectivity index (χ1) is 8.97. The molecule has 1 N–H and O–H groups in total. The van der Waals surface area contributed by atoms with Crippen LogP contribution in [-0.2, 0) is 9.59 Å². The van der Waals surface area contributed by atoms with Gasteiger partial charge in [-0.2, -0.15) is 0 Å². The zero-order chi connectivity index (χ0) is 14.0. The molecule has 4 nitrogen and oxygen atoms in total. The van der Waals surface area contributed by atoms with Gasteiger partial charge in [-0.25, -0.2) is 0 Å². The molecule has 19 heavy (non-hydrogen) atoms. The van der Waals surface area contributed by atoms with Crippen molar-refractivity contribution in [3.63, 3.8) is 0 Å². The van der Waals surface area contributed by atoms with E-state index >= 15 is 0 Å². The summed E-state index contributed by atoms with van der Waals surface area (Å²) in [5.41, 5.74) is -0.732. The van der Waals surface area contributed by atoms with Gasteiger partial charge in [0.1, 0.15) is 0 Å². The molecule has 4 heteroatoms. The van der Waals surface area contributed by atoms with Crippen LogP contribution in [0, 0.1) is 17.3 Å².